The van der Waals surface area contributed by atoms with Gasteiger partial charge >= 0.3 is 0 Å². The van der Waals surface area contributed by atoms with Crippen molar-refractivity contribution < 1.29 is 14.3 Å². The predicted molar refractivity (Wildman–Crippen MR) is 70.4 cm³/mol. The van der Waals surface area contributed by atoms with E-state index >= 15 is 0 Å². The Bertz CT molecular complexity index is 572. The Morgan fingerprint density at radius 2 is 1.89 bits per heavy atom. The van der Waals surface area contributed by atoms with Crippen molar-refractivity contribution in [3.05, 3.63) is 23.9 Å². The molecule has 1 heterocycles. The summed E-state index contributed by atoms with van der Waals surface area (Å²) in [5.74, 6) is 1.60. The average molecular weight is 247 g/mol. The number of hydrogen-bond donors (Lipinski definition) is 1. The molecule has 0 atom stereocenters. The number of aromatic amines is 1. The van der Waals surface area contributed by atoms with E-state index in [-0.39, 0.29) is 5.78 Å². The number of Topliss-reactive ketones (excluding diaryl/α,β-unsaturated/α-hetero) is 1. The van der Waals surface area contributed by atoms with Crippen LogP contribution < -0.4 is 9.47 Å². The largest absolute Gasteiger partial charge is 0.493 e. The van der Waals surface area contributed by atoms with Gasteiger partial charge < -0.3 is 19.3 Å². The van der Waals surface area contributed by atoms with Crippen LogP contribution in [0.4, 0.5) is 0 Å². The summed E-state index contributed by atoms with van der Waals surface area (Å²) in [6, 6.07) is 3.85. The van der Waals surface area contributed by atoms with E-state index in [2.05, 4.69) is 4.98 Å². The zero-order chi connectivity index (χ0) is 13.1. The molecule has 0 saturated carbocycles. The summed E-state index contributed by atoms with van der Waals surface area (Å²) >= 11 is 0. The minimum absolute atomic E-state index is 0.199. The van der Waals surface area contributed by atoms with Gasteiger partial charge in [-0.2, -0.15) is 0 Å². The molecule has 0 amide bonds. The molecule has 1 aromatic heterocycles. The number of fused-ring (bicyclic) bond motifs is 1. The number of carbonyl (C=O) groups is 1. The molecule has 0 aliphatic rings. The molecule has 0 spiro atoms. The highest BCUT2D eigenvalue weighted by molar-refractivity contribution is 5.87. The Morgan fingerprint density at radius 3 is 2.50 bits per heavy atom. The lowest BCUT2D eigenvalue weighted by Gasteiger charge is -2.07. The number of aryl methyl sites for hydroxylation is 1. The number of hydrogen-bond acceptors (Lipinski definition) is 3. The number of ketones is 1. The molecule has 0 aliphatic carbocycles. The fourth-order valence-corrected chi connectivity index (χ4v) is 2.02. The standard InChI is InChI=1S/C14H17NO3/c1-9(16)4-5-10-8-15-12-7-14(18-3)13(17-2)6-11(10)12/h6-8,15H,4-5H2,1-3H3. The van der Waals surface area contributed by atoms with Crippen LogP contribution in [0.15, 0.2) is 18.3 Å². The second-order valence-corrected chi connectivity index (χ2v) is 4.27. The predicted octanol–water partition coefficient (Wildman–Crippen LogP) is 2.71. The van der Waals surface area contributed by atoms with Gasteiger partial charge in [0.1, 0.15) is 5.78 Å². The number of nitrogens with one attached hydrogen (secondary N) is 1. The van der Waals surface area contributed by atoms with Gasteiger partial charge in [0.15, 0.2) is 11.5 Å². The smallest absolute Gasteiger partial charge is 0.162 e. The fraction of sp³-hybridized carbons (Fsp3) is 0.357. The van der Waals surface area contributed by atoms with Gasteiger partial charge in [-0.05, 0) is 25.0 Å². The van der Waals surface area contributed by atoms with Crippen molar-refractivity contribution in [2.75, 3.05) is 14.2 Å². The van der Waals surface area contributed by atoms with Crippen LogP contribution >= 0.6 is 0 Å². The summed E-state index contributed by atoms with van der Waals surface area (Å²) in [6.45, 7) is 1.61. The molecule has 2 rings (SSSR count). The maximum Gasteiger partial charge on any atom is 0.162 e. The fourth-order valence-electron chi connectivity index (χ4n) is 2.02. The van der Waals surface area contributed by atoms with E-state index in [1.165, 1.54) is 0 Å². The minimum atomic E-state index is 0.199. The molecule has 2 aromatic rings. The molecule has 0 fully saturated rings. The van der Waals surface area contributed by atoms with Gasteiger partial charge in [0.25, 0.3) is 0 Å². The number of H-pyrrole nitrogens is 1. The summed E-state index contributed by atoms with van der Waals surface area (Å²) in [6.07, 6.45) is 3.23. The first-order chi connectivity index (χ1) is 8.65. The zero-order valence-corrected chi connectivity index (χ0v) is 10.9. The lowest BCUT2D eigenvalue weighted by molar-refractivity contribution is -0.116. The van der Waals surface area contributed by atoms with Gasteiger partial charge in [-0.25, -0.2) is 0 Å². The Hall–Kier alpha value is -1.97. The van der Waals surface area contributed by atoms with E-state index in [0.29, 0.717) is 17.9 Å². The quantitative estimate of drug-likeness (QED) is 0.883. The van der Waals surface area contributed by atoms with Crippen LogP contribution in [0.25, 0.3) is 10.9 Å². The zero-order valence-electron chi connectivity index (χ0n) is 10.9. The Kier molecular flexibility index (Phi) is 3.55. The van der Waals surface area contributed by atoms with Crippen molar-refractivity contribution in [2.24, 2.45) is 0 Å². The first-order valence-electron chi connectivity index (χ1n) is 5.87. The van der Waals surface area contributed by atoms with Crippen molar-refractivity contribution in [1.29, 1.82) is 0 Å². The molecule has 0 bridgehead atoms. The second-order valence-electron chi connectivity index (χ2n) is 4.27. The van der Waals surface area contributed by atoms with E-state index in [0.717, 1.165) is 22.9 Å². The molecule has 0 aliphatic heterocycles. The topological polar surface area (TPSA) is 51.3 Å². The van der Waals surface area contributed by atoms with Crippen molar-refractivity contribution in [3.8, 4) is 11.5 Å². The summed E-state index contributed by atoms with van der Waals surface area (Å²) in [7, 11) is 3.23. The third kappa shape index (κ3) is 2.32. The SMILES string of the molecule is COc1cc2[nH]cc(CCC(C)=O)c2cc1OC. The van der Waals surface area contributed by atoms with Crippen LogP contribution in [-0.4, -0.2) is 25.0 Å². The summed E-state index contributed by atoms with van der Waals surface area (Å²) in [4.78, 5) is 14.2. The molecule has 1 N–H and O–H groups in total. The monoisotopic (exact) mass is 247 g/mol. The molecular weight excluding hydrogens is 230 g/mol. The maximum absolute atomic E-state index is 11.0. The van der Waals surface area contributed by atoms with Gasteiger partial charge in [0.05, 0.1) is 14.2 Å². The van der Waals surface area contributed by atoms with E-state index < -0.39 is 0 Å². The van der Waals surface area contributed by atoms with Crippen LogP contribution in [0.2, 0.25) is 0 Å². The molecule has 0 saturated heterocycles. The number of rotatable bonds is 5. The Morgan fingerprint density at radius 1 is 1.22 bits per heavy atom. The average Bonchev–Trinajstić information content (AvgIpc) is 2.76. The normalized spacial score (nSPS) is 10.6. The van der Waals surface area contributed by atoms with Crippen molar-refractivity contribution in [3.63, 3.8) is 0 Å². The maximum atomic E-state index is 11.0. The van der Waals surface area contributed by atoms with E-state index in [1.807, 2.05) is 18.3 Å². The number of aromatic nitrogens is 1. The Balaban J connectivity index is 2.42. The molecular formula is C14H17NO3. The molecule has 0 unspecified atom stereocenters. The van der Waals surface area contributed by atoms with Gasteiger partial charge in [-0.3, -0.25) is 0 Å². The summed E-state index contributed by atoms with van der Waals surface area (Å²) < 4.78 is 10.5. The molecule has 18 heavy (non-hydrogen) atoms. The lowest BCUT2D eigenvalue weighted by Crippen LogP contribution is -1.94. The van der Waals surface area contributed by atoms with Crippen molar-refractivity contribution in [2.45, 2.75) is 19.8 Å². The first-order valence-corrected chi connectivity index (χ1v) is 5.87. The Labute approximate surface area is 106 Å². The van der Waals surface area contributed by atoms with Crippen LogP contribution in [0.5, 0.6) is 11.5 Å². The molecule has 4 heteroatoms. The van der Waals surface area contributed by atoms with Crippen LogP contribution in [-0.2, 0) is 11.2 Å². The van der Waals surface area contributed by atoms with Gasteiger partial charge in [-0.15, -0.1) is 0 Å². The molecule has 1 aromatic carbocycles. The van der Waals surface area contributed by atoms with E-state index in [9.17, 15) is 4.79 Å². The van der Waals surface area contributed by atoms with Crippen molar-refractivity contribution in [1.82, 2.24) is 4.98 Å². The molecule has 4 nitrogen and oxygen atoms in total. The number of methoxy groups -OCH3 is 2. The van der Waals surface area contributed by atoms with Gasteiger partial charge in [0.2, 0.25) is 0 Å². The third-order valence-electron chi connectivity index (χ3n) is 3.02. The molecule has 96 valence electrons. The molecule has 0 radical (unpaired) electrons. The number of carbonyl (C=O) groups excluding carboxylic acids is 1. The van der Waals surface area contributed by atoms with Crippen LogP contribution in [0, 0.1) is 0 Å². The first kappa shape index (κ1) is 12.5. The minimum Gasteiger partial charge on any atom is -0.493 e. The highest BCUT2D eigenvalue weighted by atomic mass is 16.5. The van der Waals surface area contributed by atoms with E-state index in [4.69, 9.17) is 9.47 Å². The third-order valence-corrected chi connectivity index (χ3v) is 3.02. The van der Waals surface area contributed by atoms with Crippen LogP contribution in [0.1, 0.15) is 18.9 Å². The van der Waals surface area contributed by atoms with Gasteiger partial charge in [0, 0.05) is 29.6 Å². The van der Waals surface area contributed by atoms with Crippen LogP contribution in [0.3, 0.4) is 0 Å². The van der Waals surface area contributed by atoms with E-state index in [1.54, 1.807) is 21.1 Å². The number of ether oxygens (including phenoxy) is 2. The highest BCUT2D eigenvalue weighted by Crippen LogP contribution is 2.33. The summed E-state index contributed by atoms with van der Waals surface area (Å²) in [5, 5.41) is 1.08. The lowest BCUT2D eigenvalue weighted by atomic mass is 10.1. The van der Waals surface area contributed by atoms with Crippen molar-refractivity contribution >= 4 is 16.7 Å². The highest BCUT2D eigenvalue weighted by Gasteiger charge is 2.10. The van der Waals surface area contributed by atoms with Gasteiger partial charge in [-0.1, -0.05) is 0 Å². The summed E-state index contributed by atoms with van der Waals surface area (Å²) in [5.41, 5.74) is 2.12. The number of benzene rings is 1. The second kappa shape index (κ2) is 5.12.